The van der Waals surface area contributed by atoms with Gasteiger partial charge in [-0.1, -0.05) is 30.3 Å². The van der Waals surface area contributed by atoms with Crippen LogP contribution in [0.5, 0.6) is 0 Å². The zero-order valence-electron chi connectivity index (χ0n) is 12.6. The van der Waals surface area contributed by atoms with Crippen LogP contribution in [0.3, 0.4) is 0 Å². The number of hydrogen-bond acceptors (Lipinski definition) is 3. The van der Waals surface area contributed by atoms with E-state index in [4.69, 9.17) is 10.2 Å². The number of amides is 1. The highest BCUT2D eigenvalue weighted by molar-refractivity contribution is 5.75. The van der Waals surface area contributed by atoms with Gasteiger partial charge in [-0.2, -0.15) is 0 Å². The molecule has 0 aliphatic heterocycles. The second kappa shape index (κ2) is 6.00. The zero-order chi connectivity index (χ0) is 16.4. The summed E-state index contributed by atoms with van der Waals surface area (Å²) in [5.74, 6) is 0.211. The lowest BCUT2D eigenvalue weighted by Gasteiger charge is -2.11. The van der Waals surface area contributed by atoms with Gasteiger partial charge in [0.05, 0.1) is 11.5 Å². The SMILES string of the molecule is Cc1[nH][nH]c(=O)c1[C@H](CC(N)=O)c1ccc(-c2ccccc2)o1. The maximum Gasteiger partial charge on any atom is 0.268 e. The molecule has 23 heavy (non-hydrogen) atoms. The van der Waals surface area contributed by atoms with Crippen molar-refractivity contribution in [2.24, 2.45) is 5.73 Å². The molecule has 0 bridgehead atoms. The first-order valence-corrected chi connectivity index (χ1v) is 7.27. The molecule has 1 atom stereocenters. The number of aryl methyl sites for hydroxylation is 1. The van der Waals surface area contributed by atoms with Crippen LogP contribution in [0, 0.1) is 6.92 Å². The monoisotopic (exact) mass is 311 g/mol. The molecule has 6 nitrogen and oxygen atoms in total. The number of H-pyrrole nitrogens is 2. The number of furan rings is 1. The third kappa shape index (κ3) is 2.96. The van der Waals surface area contributed by atoms with E-state index >= 15 is 0 Å². The normalized spacial score (nSPS) is 12.2. The van der Waals surface area contributed by atoms with Gasteiger partial charge in [0, 0.05) is 17.7 Å². The van der Waals surface area contributed by atoms with Crippen LogP contribution in [-0.4, -0.2) is 16.1 Å². The molecule has 2 heterocycles. The van der Waals surface area contributed by atoms with E-state index in [0.717, 1.165) is 5.56 Å². The molecule has 118 valence electrons. The zero-order valence-corrected chi connectivity index (χ0v) is 12.6. The van der Waals surface area contributed by atoms with Crippen LogP contribution in [0.4, 0.5) is 0 Å². The van der Waals surface area contributed by atoms with E-state index in [0.29, 0.717) is 22.8 Å². The number of hydrogen-bond donors (Lipinski definition) is 3. The lowest BCUT2D eigenvalue weighted by Crippen LogP contribution is -2.20. The summed E-state index contributed by atoms with van der Waals surface area (Å²) >= 11 is 0. The Bertz CT molecular complexity index is 874. The Balaban J connectivity index is 2.03. The maximum absolute atomic E-state index is 12.0. The molecule has 0 unspecified atom stereocenters. The van der Waals surface area contributed by atoms with Crippen LogP contribution in [-0.2, 0) is 4.79 Å². The van der Waals surface area contributed by atoms with Gasteiger partial charge in [0.1, 0.15) is 11.5 Å². The number of rotatable bonds is 5. The van der Waals surface area contributed by atoms with Crippen LogP contribution in [0.1, 0.15) is 29.4 Å². The van der Waals surface area contributed by atoms with Crippen molar-refractivity contribution in [1.29, 1.82) is 0 Å². The lowest BCUT2D eigenvalue weighted by molar-refractivity contribution is -0.118. The highest BCUT2D eigenvalue weighted by Gasteiger charge is 2.26. The molecule has 0 spiro atoms. The molecule has 2 aromatic heterocycles. The third-order valence-electron chi connectivity index (χ3n) is 3.79. The number of nitrogens with two attached hydrogens (primary N) is 1. The average molecular weight is 311 g/mol. The average Bonchev–Trinajstić information content (AvgIpc) is 3.14. The van der Waals surface area contributed by atoms with E-state index in [2.05, 4.69) is 10.2 Å². The fourth-order valence-corrected chi connectivity index (χ4v) is 2.72. The number of benzene rings is 1. The molecule has 0 aliphatic rings. The van der Waals surface area contributed by atoms with Gasteiger partial charge in [-0.3, -0.25) is 14.7 Å². The van der Waals surface area contributed by atoms with Crippen LogP contribution in [0.25, 0.3) is 11.3 Å². The number of carbonyl (C=O) groups is 1. The number of carbonyl (C=O) groups excluding carboxylic acids is 1. The number of nitrogens with one attached hydrogen (secondary N) is 2. The van der Waals surface area contributed by atoms with Crippen molar-refractivity contribution in [3.63, 3.8) is 0 Å². The van der Waals surface area contributed by atoms with E-state index in [1.165, 1.54) is 0 Å². The predicted molar refractivity (Wildman–Crippen MR) is 85.9 cm³/mol. The van der Waals surface area contributed by atoms with E-state index in [1.807, 2.05) is 36.4 Å². The summed E-state index contributed by atoms with van der Waals surface area (Å²) in [6, 6.07) is 13.2. The Labute approximate surface area is 132 Å². The predicted octanol–water partition coefficient (Wildman–Crippen LogP) is 2.28. The van der Waals surface area contributed by atoms with E-state index in [1.54, 1.807) is 13.0 Å². The van der Waals surface area contributed by atoms with Gasteiger partial charge >= 0.3 is 0 Å². The number of aromatic nitrogens is 2. The Morgan fingerprint density at radius 2 is 1.91 bits per heavy atom. The van der Waals surface area contributed by atoms with Gasteiger partial charge < -0.3 is 15.2 Å². The van der Waals surface area contributed by atoms with Crippen molar-refractivity contribution >= 4 is 5.91 Å². The van der Waals surface area contributed by atoms with Crippen molar-refractivity contribution < 1.29 is 9.21 Å². The van der Waals surface area contributed by atoms with Gasteiger partial charge in [0.15, 0.2) is 0 Å². The van der Waals surface area contributed by atoms with E-state index in [-0.39, 0.29) is 12.0 Å². The first-order chi connectivity index (χ1) is 11.1. The van der Waals surface area contributed by atoms with Crippen molar-refractivity contribution in [2.75, 3.05) is 0 Å². The Hall–Kier alpha value is -3.02. The molecule has 0 fully saturated rings. The fraction of sp³-hybridized carbons (Fsp3) is 0.176. The van der Waals surface area contributed by atoms with E-state index < -0.39 is 11.8 Å². The van der Waals surface area contributed by atoms with Crippen LogP contribution in [0.2, 0.25) is 0 Å². The van der Waals surface area contributed by atoms with Crippen LogP contribution in [0.15, 0.2) is 51.7 Å². The van der Waals surface area contributed by atoms with Crippen molar-refractivity contribution in [3.8, 4) is 11.3 Å². The molecule has 3 rings (SSSR count). The van der Waals surface area contributed by atoms with Crippen molar-refractivity contribution in [1.82, 2.24) is 10.2 Å². The first kappa shape index (κ1) is 14.9. The molecule has 0 aliphatic carbocycles. The lowest BCUT2D eigenvalue weighted by atomic mass is 9.93. The summed E-state index contributed by atoms with van der Waals surface area (Å²) in [7, 11) is 0. The fourth-order valence-electron chi connectivity index (χ4n) is 2.72. The topological polar surface area (TPSA) is 105 Å². The summed E-state index contributed by atoms with van der Waals surface area (Å²) in [4.78, 5) is 23.5. The summed E-state index contributed by atoms with van der Waals surface area (Å²) in [6.07, 6.45) is 0.00349. The maximum atomic E-state index is 12.0. The highest BCUT2D eigenvalue weighted by atomic mass is 16.3. The third-order valence-corrected chi connectivity index (χ3v) is 3.79. The van der Waals surface area contributed by atoms with Crippen LogP contribution >= 0.6 is 0 Å². The van der Waals surface area contributed by atoms with Gasteiger partial charge in [-0.15, -0.1) is 0 Å². The first-order valence-electron chi connectivity index (χ1n) is 7.27. The number of primary amides is 1. The van der Waals surface area contributed by atoms with Crippen LogP contribution < -0.4 is 11.3 Å². The molecular formula is C17H17N3O3. The van der Waals surface area contributed by atoms with Gasteiger partial charge in [0.2, 0.25) is 5.91 Å². The molecule has 3 aromatic rings. The minimum atomic E-state index is -0.514. The second-order valence-electron chi connectivity index (χ2n) is 5.41. The van der Waals surface area contributed by atoms with Gasteiger partial charge in [0.25, 0.3) is 5.56 Å². The standard InChI is InChI=1S/C17H17N3O3/c1-10-16(17(22)20-19-10)12(9-15(18)21)14-8-7-13(23-14)11-5-3-2-4-6-11/h2-8,12H,9H2,1H3,(H2,18,21)(H2,19,20,22)/t12-/m1/s1. The van der Waals surface area contributed by atoms with Crippen molar-refractivity contribution in [2.45, 2.75) is 19.3 Å². The Kier molecular flexibility index (Phi) is 3.89. The van der Waals surface area contributed by atoms with Crippen molar-refractivity contribution in [3.05, 3.63) is 69.8 Å². The highest BCUT2D eigenvalue weighted by Crippen LogP contribution is 2.32. The smallest absolute Gasteiger partial charge is 0.268 e. The molecule has 0 saturated heterocycles. The van der Waals surface area contributed by atoms with Gasteiger partial charge in [-0.25, -0.2) is 0 Å². The molecule has 4 N–H and O–H groups in total. The second-order valence-corrected chi connectivity index (χ2v) is 5.41. The molecule has 6 heteroatoms. The summed E-state index contributed by atoms with van der Waals surface area (Å²) < 4.78 is 5.89. The quantitative estimate of drug-likeness (QED) is 0.673. The minimum absolute atomic E-state index is 0.00349. The number of aromatic amines is 2. The summed E-state index contributed by atoms with van der Waals surface area (Å²) in [6.45, 7) is 1.77. The molecule has 1 aromatic carbocycles. The summed E-state index contributed by atoms with van der Waals surface area (Å²) in [5, 5.41) is 5.29. The largest absolute Gasteiger partial charge is 0.460 e. The minimum Gasteiger partial charge on any atom is -0.460 e. The van der Waals surface area contributed by atoms with Gasteiger partial charge in [-0.05, 0) is 19.1 Å². The Morgan fingerprint density at radius 1 is 1.17 bits per heavy atom. The molecule has 1 amide bonds. The molecular weight excluding hydrogens is 294 g/mol. The molecule has 0 saturated carbocycles. The van der Waals surface area contributed by atoms with E-state index in [9.17, 15) is 9.59 Å². The molecule has 0 radical (unpaired) electrons. The Morgan fingerprint density at radius 3 is 2.52 bits per heavy atom. The summed E-state index contributed by atoms with van der Waals surface area (Å²) in [5.41, 5.74) is 7.14.